The minimum atomic E-state index is 0.145. The lowest BCUT2D eigenvalue weighted by molar-refractivity contribution is -0.127. The maximum atomic E-state index is 10.5. The molecule has 0 N–H and O–H groups in total. The van der Waals surface area contributed by atoms with Crippen LogP contribution in [0.3, 0.4) is 0 Å². The summed E-state index contributed by atoms with van der Waals surface area (Å²) in [5.41, 5.74) is 0. The molecule has 0 rings (SSSR count). The first-order valence-corrected chi connectivity index (χ1v) is 4.90. The summed E-state index contributed by atoms with van der Waals surface area (Å²) in [6.45, 7) is 12.5. The molecule has 76 valence electrons. The van der Waals surface area contributed by atoms with Gasteiger partial charge in [0.05, 0.1) is 0 Å². The molecule has 0 spiro atoms. The SMILES string of the molecule is CC.CC.CCCN(C)C(C)=O. The highest BCUT2D eigenvalue weighted by atomic mass is 16.2. The van der Waals surface area contributed by atoms with Crippen LogP contribution in [-0.4, -0.2) is 24.4 Å². The van der Waals surface area contributed by atoms with Crippen LogP contribution in [0.15, 0.2) is 0 Å². The Kier molecular flexibility index (Phi) is 24.6. The van der Waals surface area contributed by atoms with Crippen molar-refractivity contribution in [1.82, 2.24) is 4.90 Å². The van der Waals surface area contributed by atoms with Gasteiger partial charge in [0.15, 0.2) is 0 Å². The van der Waals surface area contributed by atoms with Gasteiger partial charge in [0, 0.05) is 20.5 Å². The minimum Gasteiger partial charge on any atom is -0.346 e. The van der Waals surface area contributed by atoms with Gasteiger partial charge in [-0.1, -0.05) is 34.6 Å². The van der Waals surface area contributed by atoms with Crippen molar-refractivity contribution in [2.75, 3.05) is 13.6 Å². The summed E-state index contributed by atoms with van der Waals surface area (Å²) in [6.07, 6.45) is 1.04. The fraction of sp³-hybridized carbons (Fsp3) is 0.900. The van der Waals surface area contributed by atoms with Crippen molar-refractivity contribution in [1.29, 1.82) is 0 Å². The molecule has 0 aliphatic rings. The van der Waals surface area contributed by atoms with Crippen LogP contribution in [0, 0.1) is 0 Å². The molecular weight excluding hydrogens is 150 g/mol. The third-order valence-corrected chi connectivity index (χ3v) is 1.10. The van der Waals surface area contributed by atoms with Crippen molar-refractivity contribution in [2.45, 2.75) is 48.0 Å². The van der Waals surface area contributed by atoms with Crippen molar-refractivity contribution in [3.63, 3.8) is 0 Å². The smallest absolute Gasteiger partial charge is 0.219 e. The largest absolute Gasteiger partial charge is 0.346 e. The van der Waals surface area contributed by atoms with Gasteiger partial charge in [-0.2, -0.15) is 0 Å². The Hall–Kier alpha value is -0.530. The molecule has 0 saturated heterocycles. The molecule has 0 bridgehead atoms. The van der Waals surface area contributed by atoms with Crippen LogP contribution in [0.4, 0.5) is 0 Å². The first kappa shape index (κ1) is 17.5. The van der Waals surface area contributed by atoms with E-state index in [1.54, 1.807) is 11.8 Å². The van der Waals surface area contributed by atoms with Crippen molar-refractivity contribution in [3.8, 4) is 0 Å². The van der Waals surface area contributed by atoms with Crippen LogP contribution in [-0.2, 0) is 4.79 Å². The van der Waals surface area contributed by atoms with E-state index in [2.05, 4.69) is 6.92 Å². The van der Waals surface area contributed by atoms with Gasteiger partial charge >= 0.3 is 0 Å². The summed E-state index contributed by atoms with van der Waals surface area (Å²) in [5, 5.41) is 0. The maximum absolute atomic E-state index is 10.5. The fourth-order valence-corrected chi connectivity index (χ4v) is 0.493. The van der Waals surface area contributed by atoms with Crippen LogP contribution < -0.4 is 0 Å². The molecule has 0 radical (unpaired) electrons. The Balaban J connectivity index is -0.000000175. The van der Waals surface area contributed by atoms with Crippen LogP contribution >= 0.6 is 0 Å². The molecular formula is C10H25NO. The van der Waals surface area contributed by atoms with E-state index in [0.29, 0.717) is 0 Å². The summed E-state index contributed by atoms with van der Waals surface area (Å²) in [7, 11) is 1.81. The average molecular weight is 175 g/mol. The average Bonchev–Trinajstić information content (AvgIpc) is 2.12. The highest BCUT2D eigenvalue weighted by Gasteiger charge is 1.96. The third kappa shape index (κ3) is 16.2. The van der Waals surface area contributed by atoms with Crippen molar-refractivity contribution in [3.05, 3.63) is 0 Å². The lowest BCUT2D eigenvalue weighted by Crippen LogP contribution is -2.24. The molecule has 0 atom stereocenters. The summed E-state index contributed by atoms with van der Waals surface area (Å²) >= 11 is 0. The lowest BCUT2D eigenvalue weighted by atomic mass is 10.4. The van der Waals surface area contributed by atoms with E-state index in [1.807, 2.05) is 34.7 Å². The molecule has 0 saturated carbocycles. The zero-order chi connectivity index (χ0) is 10.6. The van der Waals surface area contributed by atoms with E-state index in [4.69, 9.17) is 0 Å². The van der Waals surface area contributed by atoms with Crippen LogP contribution in [0.1, 0.15) is 48.0 Å². The molecule has 0 aliphatic heterocycles. The Morgan fingerprint density at radius 3 is 1.58 bits per heavy atom. The highest BCUT2D eigenvalue weighted by Crippen LogP contribution is 1.84. The van der Waals surface area contributed by atoms with Gasteiger partial charge in [0.25, 0.3) is 0 Å². The third-order valence-electron chi connectivity index (χ3n) is 1.10. The van der Waals surface area contributed by atoms with Gasteiger partial charge in [-0.15, -0.1) is 0 Å². The van der Waals surface area contributed by atoms with Crippen molar-refractivity contribution < 1.29 is 4.79 Å². The molecule has 0 aromatic heterocycles. The second-order valence-electron chi connectivity index (χ2n) is 1.94. The first-order chi connectivity index (χ1) is 5.68. The normalized spacial score (nSPS) is 6.92. The minimum absolute atomic E-state index is 0.145. The van der Waals surface area contributed by atoms with Gasteiger partial charge in [0.1, 0.15) is 0 Å². The fourth-order valence-electron chi connectivity index (χ4n) is 0.493. The Labute approximate surface area is 78.0 Å². The number of rotatable bonds is 2. The van der Waals surface area contributed by atoms with E-state index >= 15 is 0 Å². The highest BCUT2D eigenvalue weighted by molar-refractivity contribution is 5.72. The monoisotopic (exact) mass is 175 g/mol. The molecule has 2 heteroatoms. The Morgan fingerprint density at radius 2 is 1.50 bits per heavy atom. The van der Waals surface area contributed by atoms with Gasteiger partial charge < -0.3 is 4.90 Å². The summed E-state index contributed by atoms with van der Waals surface area (Å²) in [5.74, 6) is 0.145. The Morgan fingerprint density at radius 1 is 1.17 bits per heavy atom. The molecule has 2 nitrogen and oxygen atoms in total. The molecule has 0 heterocycles. The molecule has 0 aromatic carbocycles. The van der Waals surface area contributed by atoms with Gasteiger partial charge in [-0.3, -0.25) is 4.79 Å². The van der Waals surface area contributed by atoms with Gasteiger partial charge in [0.2, 0.25) is 5.91 Å². The van der Waals surface area contributed by atoms with Crippen molar-refractivity contribution >= 4 is 5.91 Å². The van der Waals surface area contributed by atoms with E-state index < -0.39 is 0 Å². The second kappa shape index (κ2) is 16.8. The number of nitrogens with zero attached hydrogens (tertiary/aromatic N) is 1. The number of carbonyl (C=O) groups excluding carboxylic acids is 1. The van der Waals surface area contributed by atoms with Crippen LogP contribution in [0.25, 0.3) is 0 Å². The van der Waals surface area contributed by atoms with Crippen LogP contribution in [0.2, 0.25) is 0 Å². The molecule has 0 aliphatic carbocycles. The van der Waals surface area contributed by atoms with Gasteiger partial charge in [-0.05, 0) is 6.42 Å². The summed E-state index contributed by atoms with van der Waals surface area (Å²) < 4.78 is 0. The van der Waals surface area contributed by atoms with E-state index in [0.717, 1.165) is 13.0 Å². The number of hydrogen-bond donors (Lipinski definition) is 0. The van der Waals surface area contributed by atoms with E-state index in [-0.39, 0.29) is 5.91 Å². The Bertz CT molecular complexity index is 81.9. The van der Waals surface area contributed by atoms with E-state index in [9.17, 15) is 4.79 Å². The maximum Gasteiger partial charge on any atom is 0.219 e. The number of amides is 1. The quantitative estimate of drug-likeness (QED) is 0.632. The topological polar surface area (TPSA) is 20.3 Å². The van der Waals surface area contributed by atoms with E-state index in [1.165, 1.54) is 0 Å². The molecule has 12 heavy (non-hydrogen) atoms. The molecule has 0 unspecified atom stereocenters. The standard InChI is InChI=1S/C6H13NO.2C2H6/c1-4-5-7(3)6(2)8;2*1-2/h4-5H2,1-3H3;2*1-2H3. The van der Waals surface area contributed by atoms with Gasteiger partial charge in [-0.25, -0.2) is 0 Å². The summed E-state index contributed by atoms with van der Waals surface area (Å²) in [6, 6.07) is 0. The zero-order valence-corrected chi connectivity index (χ0v) is 9.77. The summed E-state index contributed by atoms with van der Waals surface area (Å²) in [4.78, 5) is 12.2. The first-order valence-electron chi connectivity index (χ1n) is 4.90. The van der Waals surface area contributed by atoms with Crippen molar-refractivity contribution in [2.24, 2.45) is 0 Å². The zero-order valence-electron chi connectivity index (χ0n) is 9.77. The predicted octanol–water partition coefficient (Wildman–Crippen LogP) is 2.93. The molecule has 0 aromatic rings. The predicted molar refractivity (Wildman–Crippen MR) is 56.3 cm³/mol. The molecule has 0 fully saturated rings. The second-order valence-corrected chi connectivity index (χ2v) is 1.94. The lowest BCUT2D eigenvalue weighted by Gasteiger charge is -2.11. The number of hydrogen-bond acceptors (Lipinski definition) is 1. The number of carbonyl (C=O) groups is 1. The molecule has 1 amide bonds. The van der Waals surface area contributed by atoms with Crippen LogP contribution in [0.5, 0.6) is 0 Å².